The van der Waals surface area contributed by atoms with Crippen molar-refractivity contribution in [2.24, 2.45) is 5.92 Å². The van der Waals surface area contributed by atoms with E-state index in [9.17, 15) is 0 Å². The minimum atomic E-state index is -0.134. The normalized spacial score (nSPS) is 18.5. The second-order valence-corrected chi connectivity index (χ2v) is 5.94. The third-order valence-corrected chi connectivity index (χ3v) is 3.70. The highest BCUT2D eigenvalue weighted by Crippen LogP contribution is 2.25. The summed E-state index contributed by atoms with van der Waals surface area (Å²) in [5, 5.41) is 0. The molecule has 0 aromatic heterocycles. The van der Waals surface area contributed by atoms with Gasteiger partial charge >= 0.3 is 0 Å². The molecule has 0 radical (unpaired) electrons. The highest BCUT2D eigenvalue weighted by Gasteiger charge is 2.22. The van der Waals surface area contributed by atoms with Crippen LogP contribution < -0.4 is 4.74 Å². The molecule has 2 heteroatoms. The van der Waals surface area contributed by atoms with E-state index in [0.717, 1.165) is 5.75 Å². The fraction of sp³-hybridized carbons (Fsp3) is 0.647. The van der Waals surface area contributed by atoms with Gasteiger partial charge in [0.25, 0.3) is 0 Å². The van der Waals surface area contributed by atoms with Crippen molar-refractivity contribution in [3.8, 4) is 5.75 Å². The minimum absolute atomic E-state index is 0.134. The highest BCUT2D eigenvalue weighted by molar-refractivity contribution is 5.26. The molecule has 2 rings (SSSR count). The molecular weight excluding hydrogens is 236 g/mol. The maximum Gasteiger partial charge on any atom is 0.202 e. The molecule has 1 aromatic carbocycles. The molecule has 0 amide bonds. The lowest BCUT2D eigenvalue weighted by atomic mass is 9.97. The maximum atomic E-state index is 6.16. The molecule has 0 aliphatic heterocycles. The zero-order valence-electron chi connectivity index (χ0n) is 12.4. The van der Waals surface area contributed by atoms with Gasteiger partial charge in [-0.3, -0.25) is 0 Å². The molecule has 1 saturated carbocycles. The molecule has 0 bridgehead atoms. The van der Waals surface area contributed by atoms with Crippen molar-refractivity contribution >= 4 is 0 Å². The second kappa shape index (κ2) is 6.95. The average molecular weight is 262 g/mol. The van der Waals surface area contributed by atoms with Crippen molar-refractivity contribution in [3.05, 3.63) is 29.8 Å². The summed E-state index contributed by atoms with van der Waals surface area (Å²) in [6.07, 6.45) is 6.55. The van der Waals surface area contributed by atoms with Gasteiger partial charge in [-0.15, -0.1) is 0 Å². The van der Waals surface area contributed by atoms with E-state index in [1.54, 1.807) is 0 Å². The van der Waals surface area contributed by atoms with E-state index in [1.165, 1.54) is 37.7 Å². The summed E-state index contributed by atoms with van der Waals surface area (Å²) in [7, 11) is 0. The molecule has 1 unspecified atom stereocenters. The number of rotatable bonds is 5. The molecule has 19 heavy (non-hydrogen) atoms. The van der Waals surface area contributed by atoms with Crippen LogP contribution in [0, 0.1) is 12.8 Å². The average Bonchev–Trinajstić information content (AvgIpc) is 2.41. The van der Waals surface area contributed by atoms with Gasteiger partial charge in [0.05, 0.1) is 6.10 Å². The molecule has 0 heterocycles. The Hall–Kier alpha value is -1.02. The van der Waals surface area contributed by atoms with Gasteiger partial charge in [0.15, 0.2) is 0 Å². The van der Waals surface area contributed by atoms with Gasteiger partial charge in [-0.1, -0.05) is 50.8 Å². The summed E-state index contributed by atoms with van der Waals surface area (Å²) in [4.78, 5) is 0. The molecule has 1 aliphatic rings. The monoisotopic (exact) mass is 262 g/mol. The van der Waals surface area contributed by atoms with Crippen molar-refractivity contribution in [2.45, 2.75) is 65.3 Å². The Morgan fingerprint density at radius 3 is 2.21 bits per heavy atom. The Balaban J connectivity index is 1.93. The molecule has 1 atom stereocenters. The summed E-state index contributed by atoms with van der Waals surface area (Å²) < 4.78 is 12.2. The maximum absolute atomic E-state index is 6.16. The molecular formula is C17H26O2. The van der Waals surface area contributed by atoms with Crippen LogP contribution in [0.4, 0.5) is 0 Å². The number of benzene rings is 1. The van der Waals surface area contributed by atoms with Gasteiger partial charge in [0.1, 0.15) is 5.75 Å². The molecule has 106 valence electrons. The third kappa shape index (κ3) is 4.54. The zero-order chi connectivity index (χ0) is 13.7. The molecule has 1 fully saturated rings. The van der Waals surface area contributed by atoms with E-state index in [4.69, 9.17) is 9.47 Å². The smallest absolute Gasteiger partial charge is 0.202 e. The predicted octanol–water partition coefficient (Wildman–Crippen LogP) is 4.71. The van der Waals surface area contributed by atoms with Crippen LogP contribution in [-0.4, -0.2) is 12.4 Å². The summed E-state index contributed by atoms with van der Waals surface area (Å²) in [5.74, 6) is 1.27. The van der Waals surface area contributed by atoms with E-state index in [-0.39, 0.29) is 6.29 Å². The fourth-order valence-electron chi connectivity index (χ4n) is 2.46. The highest BCUT2D eigenvalue weighted by atomic mass is 16.7. The first kappa shape index (κ1) is 14.4. The first-order valence-corrected chi connectivity index (χ1v) is 7.54. The van der Waals surface area contributed by atoms with E-state index < -0.39 is 0 Å². The van der Waals surface area contributed by atoms with E-state index in [0.29, 0.717) is 12.0 Å². The topological polar surface area (TPSA) is 18.5 Å². The summed E-state index contributed by atoms with van der Waals surface area (Å²) in [5.41, 5.74) is 1.25. The van der Waals surface area contributed by atoms with Crippen LogP contribution in [0.2, 0.25) is 0 Å². The standard InChI is InChI=1S/C17H26O2/c1-13(2)17(18-15-7-5-4-6-8-15)19-16-11-9-14(3)10-12-16/h9-13,15,17H,4-8H2,1-3H3. The fourth-order valence-corrected chi connectivity index (χ4v) is 2.46. The van der Waals surface area contributed by atoms with E-state index >= 15 is 0 Å². The molecule has 1 aliphatic carbocycles. The molecule has 1 aromatic rings. The summed E-state index contributed by atoms with van der Waals surface area (Å²) in [6.45, 7) is 6.39. The predicted molar refractivity (Wildman–Crippen MR) is 78.4 cm³/mol. The van der Waals surface area contributed by atoms with Crippen molar-refractivity contribution in [1.82, 2.24) is 0 Å². The number of ether oxygens (including phenoxy) is 2. The Kier molecular flexibility index (Phi) is 5.26. The van der Waals surface area contributed by atoms with Crippen LogP contribution in [0.5, 0.6) is 5.75 Å². The first-order valence-electron chi connectivity index (χ1n) is 7.54. The third-order valence-electron chi connectivity index (χ3n) is 3.70. The quantitative estimate of drug-likeness (QED) is 0.716. The van der Waals surface area contributed by atoms with Gasteiger partial charge in [0.2, 0.25) is 6.29 Å². The van der Waals surface area contributed by atoms with Crippen LogP contribution in [-0.2, 0) is 4.74 Å². The zero-order valence-corrected chi connectivity index (χ0v) is 12.4. The van der Waals surface area contributed by atoms with Crippen LogP contribution in [0.25, 0.3) is 0 Å². The van der Waals surface area contributed by atoms with Gasteiger partial charge in [-0.2, -0.15) is 0 Å². The lowest BCUT2D eigenvalue weighted by Crippen LogP contribution is -2.32. The number of hydrogen-bond acceptors (Lipinski definition) is 2. The van der Waals surface area contributed by atoms with Crippen molar-refractivity contribution in [1.29, 1.82) is 0 Å². The Labute approximate surface area is 117 Å². The lowest BCUT2D eigenvalue weighted by molar-refractivity contribution is -0.150. The Morgan fingerprint density at radius 2 is 1.63 bits per heavy atom. The molecule has 0 N–H and O–H groups in total. The lowest BCUT2D eigenvalue weighted by Gasteiger charge is -2.30. The van der Waals surface area contributed by atoms with Crippen LogP contribution in [0.15, 0.2) is 24.3 Å². The van der Waals surface area contributed by atoms with Crippen molar-refractivity contribution in [2.75, 3.05) is 0 Å². The van der Waals surface area contributed by atoms with Crippen LogP contribution in [0.1, 0.15) is 51.5 Å². The van der Waals surface area contributed by atoms with Gasteiger partial charge < -0.3 is 9.47 Å². The van der Waals surface area contributed by atoms with Gasteiger partial charge in [-0.05, 0) is 31.9 Å². The number of hydrogen-bond donors (Lipinski definition) is 0. The Morgan fingerprint density at radius 1 is 1.00 bits per heavy atom. The van der Waals surface area contributed by atoms with Crippen molar-refractivity contribution in [3.63, 3.8) is 0 Å². The largest absolute Gasteiger partial charge is 0.465 e. The summed E-state index contributed by atoms with van der Waals surface area (Å²) in [6, 6.07) is 8.20. The summed E-state index contributed by atoms with van der Waals surface area (Å²) >= 11 is 0. The van der Waals surface area contributed by atoms with Crippen LogP contribution in [0.3, 0.4) is 0 Å². The molecule has 0 saturated heterocycles. The second-order valence-electron chi connectivity index (χ2n) is 5.94. The van der Waals surface area contributed by atoms with E-state index in [2.05, 4.69) is 32.9 Å². The SMILES string of the molecule is Cc1ccc(OC(OC2CCCCC2)C(C)C)cc1. The van der Waals surface area contributed by atoms with Gasteiger partial charge in [-0.25, -0.2) is 0 Å². The van der Waals surface area contributed by atoms with Gasteiger partial charge in [0, 0.05) is 5.92 Å². The molecule has 0 spiro atoms. The van der Waals surface area contributed by atoms with E-state index in [1.807, 2.05) is 12.1 Å². The Bertz CT molecular complexity index is 363. The first-order chi connectivity index (χ1) is 9.15. The molecule has 2 nitrogen and oxygen atoms in total. The van der Waals surface area contributed by atoms with Crippen molar-refractivity contribution < 1.29 is 9.47 Å². The minimum Gasteiger partial charge on any atom is -0.465 e. The number of aryl methyl sites for hydroxylation is 1. The van der Waals surface area contributed by atoms with Crippen LogP contribution >= 0.6 is 0 Å².